The van der Waals surface area contributed by atoms with Crippen LogP contribution < -0.4 is 5.32 Å². The molecule has 1 aromatic carbocycles. The number of carbonyl (C=O) groups excluding carboxylic acids is 1. The summed E-state index contributed by atoms with van der Waals surface area (Å²) in [5.41, 5.74) is 0.382. The lowest BCUT2D eigenvalue weighted by molar-refractivity contribution is -0.125. The van der Waals surface area contributed by atoms with Crippen LogP contribution in [0.5, 0.6) is 0 Å². The lowest BCUT2D eigenvalue weighted by atomic mass is 10.0. The second-order valence-corrected chi connectivity index (χ2v) is 6.31. The van der Waals surface area contributed by atoms with Gasteiger partial charge in [0, 0.05) is 24.1 Å². The zero-order valence-electron chi connectivity index (χ0n) is 13.2. The van der Waals surface area contributed by atoms with Crippen molar-refractivity contribution < 1.29 is 9.18 Å². The monoisotopic (exact) mass is 333 g/mol. The highest BCUT2D eigenvalue weighted by molar-refractivity contribution is 7.99. The van der Waals surface area contributed by atoms with Gasteiger partial charge in [0.15, 0.2) is 0 Å². The summed E-state index contributed by atoms with van der Waals surface area (Å²) < 4.78 is 14.0. The minimum absolute atomic E-state index is 0.207. The molecule has 23 heavy (non-hydrogen) atoms. The van der Waals surface area contributed by atoms with Crippen LogP contribution in [-0.2, 0) is 4.79 Å². The summed E-state index contributed by atoms with van der Waals surface area (Å²) in [7, 11) is 3.53. The summed E-state index contributed by atoms with van der Waals surface area (Å²) in [5, 5.41) is 3.78. The Hall–Kier alpha value is -1.92. The number of nitrogens with zero attached hydrogens (tertiary/aromatic N) is 2. The predicted molar refractivity (Wildman–Crippen MR) is 90.8 cm³/mol. The van der Waals surface area contributed by atoms with Gasteiger partial charge in [-0.1, -0.05) is 24.3 Å². The molecule has 4 nitrogen and oxygen atoms in total. The fourth-order valence-corrected chi connectivity index (χ4v) is 2.93. The highest BCUT2D eigenvalue weighted by Crippen LogP contribution is 2.21. The number of halogens is 1. The van der Waals surface area contributed by atoms with Gasteiger partial charge in [0.1, 0.15) is 11.9 Å². The molecule has 1 atom stereocenters. The van der Waals surface area contributed by atoms with Crippen LogP contribution in [0.2, 0.25) is 0 Å². The first-order chi connectivity index (χ1) is 11.1. The van der Waals surface area contributed by atoms with E-state index >= 15 is 0 Å². The summed E-state index contributed by atoms with van der Waals surface area (Å²) in [6, 6.07) is 11.4. The number of likely N-dealkylation sites (N-methyl/N-ethyl adjacent to an activating group) is 1. The van der Waals surface area contributed by atoms with E-state index in [1.807, 2.05) is 18.2 Å². The molecule has 0 saturated carbocycles. The predicted octanol–water partition coefficient (Wildman–Crippen LogP) is 2.73. The average molecular weight is 333 g/mol. The largest absolute Gasteiger partial charge is 0.354 e. The molecule has 1 N–H and O–H groups in total. The fraction of sp³-hybridized carbons (Fsp3) is 0.294. The van der Waals surface area contributed by atoms with Crippen LogP contribution in [0.4, 0.5) is 4.39 Å². The van der Waals surface area contributed by atoms with Crippen molar-refractivity contribution in [2.45, 2.75) is 11.1 Å². The Bertz CT molecular complexity index is 637. The third-order valence-corrected chi connectivity index (χ3v) is 4.20. The van der Waals surface area contributed by atoms with Gasteiger partial charge >= 0.3 is 0 Å². The van der Waals surface area contributed by atoms with Gasteiger partial charge in [-0.3, -0.25) is 9.69 Å². The third-order valence-electron chi connectivity index (χ3n) is 3.25. The van der Waals surface area contributed by atoms with Crippen molar-refractivity contribution in [2.24, 2.45) is 0 Å². The molecule has 0 aliphatic heterocycles. The molecule has 0 spiro atoms. The van der Waals surface area contributed by atoms with Gasteiger partial charge in [-0.15, -0.1) is 11.8 Å². The molecule has 2 aromatic rings. The van der Waals surface area contributed by atoms with Crippen LogP contribution in [0.3, 0.4) is 0 Å². The highest BCUT2D eigenvalue weighted by Gasteiger charge is 2.25. The SMILES string of the molecule is CN(C)[C@@H](C(=O)NCCSc1ccccn1)c1ccccc1F. The number of carbonyl (C=O) groups is 1. The maximum Gasteiger partial charge on any atom is 0.242 e. The molecule has 6 heteroatoms. The van der Waals surface area contributed by atoms with Crippen molar-refractivity contribution in [3.05, 3.63) is 60.0 Å². The molecule has 0 aliphatic rings. The second kappa shape index (κ2) is 8.64. The Morgan fingerprint density at radius 1 is 1.26 bits per heavy atom. The van der Waals surface area contributed by atoms with Gasteiger partial charge in [0.05, 0.1) is 5.03 Å². The normalized spacial score (nSPS) is 12.2. The molecule has 0 unspecified atom stereocenters. The number of rotatable bonds is 7. The Morgan fingerprint density at radius 2 is 2.00 bits per heavy atom. The van der Waals surface area contributed by atoms with E-state index in [2.05, 4.69) is 10.3 Å². The van der Waals surface area contributed by atoms with Crippen molar-refractivity contribution in [3.63, 3.8) is 0 Å². The zero-order valence-corrected chi connectivity index (χ0v) is 14.0. The fourth-order valence-electron chi connectivity index (χ4n) is 2.21. The lowest BCUT2D eigenvalue weighted by Crippen LogP contribution is -2.38. The van der Waals surface area contributed by atoms with E-state index in [0.717, 1.165) is 5.03 Å². The molecule has 0 aliphatic carbocycles. The van der Waals surface area contributed by atoms with E-state index in [0.29, 0.717) is 17.9 Å². The molecule has 1 aromatic heterocycles. The molecule has 1 amide bonds. The molecular formula is C17H20FN3OS. The highest BCUT2D eigenvalue weighted by atomic mass is 32.2. The van der Waals surface area contributed by atoms with Crippen molar-refractivity contribution in [1.82, 2.24) is 15.2 Å². The van der Waals surface area contributed by atoms with Gasteiger partial charge in [0.2, 0.25) is 5.91 Å². The Kier molecular flexibility index (Phi) is 6.55. The lowest BCUT2D eigenvalue weighted by Gasteiger charge is -2.24. The average Bonchev–Trinajstić information content (AvgIpc) is 2.54. The van der Waals surface area contributed by atoms with Crippen molar-refractivity contribution in [3.8, 4) is 0 Å². The number of aromatic nitrogens is 1. The number of hydrogen-bond acceptors (Lipinski definition) is 4. The van der Waals surface area contributed by atoms with Crippen LogP contribution in [0.1, 0.15) is 11.6 Å². The number of benzene rings is 1. The molecular weight excluding hydrogens is 313 g/mol. The van der Waals surface area contributed by atoms with Crippen LogP contribution in [-0.4, -0.2) is 42.2 Å². The Morgan fingerprint density at radius 3 is 2.65 bits per heavy atom. The summed E-state index contributed by atoms with van der Waals surface area (Å²) in [6.45, 7) is 0.499. The zero-order chi connectivity index (χ0) is 16.7. The summed E-state index contributed by atoms with van der Waals surface area (Å²) in [6.07, 6.45) is 1.74. The number of amides is 1. The summed E-state index contributed by atoms with van der Waals surface area (Å²) >= 11 is 1.57. The Balaban J connectivity index is 1.91. The summed E-state index contributed by atoms with van der Waals surface area (Å²) in [5.74, 6) is 0.131. The van der Waals surface area contributed by atoms with Crippen molar-refractivity contribution >= 4 is 17.7 Å². The Labute approximate surface area is 140 Å². The van der Waals surface area contributed by atoms with Crippen LogP contribution in [0.25, 0.3) is 0 Å². The molecule has 1 heterocycles. The molecule has 0 radical (unpaired) electrons. The maximum atomic E-state index is 14.0. The van der Waals surface area contributed by atoms with E-state index < -0.39 is 6.04 Å². The minimum Gasteiger partial charge on any atom is -0.354 e. The van der Waals surface area contributed by atoms with E-state index in [1.165, 1.54) is 6.07 Å². The number of pyridine rings is 1. The standard InChI is InChI=1S/C17H20FN3OS/c1-21(2)16(13-7-3-4-8-14(13)18)17(22)20-11-12-23-15-9-5-6-10-19-15/h3-10,16H,11-12H2,1-2H3,(H,20,22)/t16-/m1/s1. The quantitative estimate of drug-likeness (QED) is 0.625. The molecule has 122 valence electrons. The number of nitrogens with one attached hydrogen (secondary N) is 1. The maximum absolute atomic E-state index is 14.0. The first-order valence-corrected chi connectivity index (χ1v) is 8.30. The van der Waals surface area contributed by atoms with E-state index in [-0.39, 0.29) is 11.7 Å². The first kappa shape index (κ1) is 17.4. The van der Waals surface area contributed by atoms with Crippen LogP contribution in [0, 0.1) is 5.82 Å². The summed E-state index contributed by atoms with van der Waals surface area (Å²) in [4.78, 5) is 18.3. The van der Waals surface area contributed by atoms with E-state index in [4.69, 9.17) is 0 Å². The molecule has 2 rings (SSSR count). The minimum atomic E-state index is -0.643. The molecule has 0 bridgehead atoms. The van der Waals surface area contributed by atoms with Gasteiger partial charge in [-0.2, -0.15) is 0 Å². The van der Waals surface area contributed by atoms with Gasteiger partial charge in [-0.25, -0.2) is 9.37 Å². The number of hydrogen-bond donors (Lipinski definition) is 1. The van der Waals surface area contributed by atoms with Gasteiger partial charge < -0.3 is 5.32 Å². The first-order valence-electron chi connectivity index (χ1n) is 7.32. The van der Waals surface area contributed by atoms with Crippen molar-refractivity contribution in [1.29, 1.82) is 0 Å². The molecule has 0 fully saturated rings. The third kappa shape index (κ3) is 5.04. The van der Waals surface area contributed by atoms with Gasteiger partial charge in [0.25, 0.3) is 0 Å². The van der Waals surface area contributed by atoms with Crippen molar-refractivity contribution in [2.75, 3.05) is 26.4 Å². The molecule has 0 saturated heterocycles. The van der Waals surface area contributed by atoms with E-state index in [9.17, 15) is 9.18 Å². The second-order valence-electron chi connectivity index (χ2n) is 5.20. The number of thioether (sulfide) groups is 1. The van der Waals surface area contributed by atoms with Crippen LogP contribution in [0.15, 0.2) is 53.7 Å². The smallest absolute Gasteiger partial charge is 0.242 e. The van der Waals surface area contributed by atoms with E-state index in [1.54, 1.807) is 55.2 Å². The van der Waals surface area contributed by atoms with Gasteiger partial charge in [-0.05, 0) is 32.3 Å². The van der Waals surface area contributed by atoms with Crippen LogP contribution >= 0.6 is 11.8 Å². The topological polar surface area (TPSA) is 45.2 Å².